The third-order valence-electron chi connectivity index (χ3n) is 2.34. The molecule has 0 saturated carbocycles. The summed E-state index contributed by atoms with van der Waals surface area (Å²) in [5.41, 5.74) is 8.83. The lowest BCUT2D eigenvalue weighted by molar-refractivity contribution is 0.746. The van der Waals surface area contributed by atoms with Crippen LogP contribution in [0.25, 0.3) is 11.1 Å². The summed E-state index contributed by atoms with van der Waals surface area (Å²) in [6.45, 7) is 2.09. The summed E-state index contributed by atoms with van der Waals surface area (Å²) < 4.78 is 1.82. The second-order valence-electron chi connectivity index (χ2n) is 3.49. The maximum atomic E-state index is 5.55. The van der Waals surface area contributed by atoms with E-state index in [-0.39, 0.29) is 0 Å². The second kappa shape index (κ2) is 3.73. The first-order valence-corrected chi connectivity index (χ1v) is 4.95. The van der Waals surface area contributed by atoms with Crippen molar-refractivity contribution in [2.75, 3.05) is 5.73 Å². The molecule has 2 heterocycles. The molecule has 2 rings (SSSR count). The fourth-order valence-corrected chi connectivity index (χ4v) is 1.60. The predicted molar refractivity (Wildman–Crippen MR) is 60.2 cm³/mol. The van der Waals surface area contributed by atoms with Crippen molar-refractivity contribution in [3.05, 3.63) is 30.2 Å². The lowest BCUT2D eigenvalue weighted by Gasteiger charge is -1.99. The lowest BCUT2D eigenvalue weighted by atomic mass is 10.1. The Morgan fingerprint density at radius 1 is 1.40 bits per heavy atom. The van der Waals surface area contributed by atoms with E-state index in [1.165, 1.54) is 0 Å². The molecule has 2 aromatic rings. The molecule has 0 atom stereocenters. The average molecular weight is 202 g/mol. The van der Waals surface area contributed by atoms with Crippen LogP contribution in [0.15, 0.2) is 24.5 Å². The molecule has 2 N–H and O–H groups in total. The quantitative estimate of drug-likeness (QED) is 0.805. The summed E-state index contributed by atoms with van der Waals surface area (Å²) in [4.78, 5) is 4.08. The van der Waals surface area contributed by atoms with Crippen molar-refractivity contribution in [1.29, 1.82) is 0 Å². The Kier molecular flexibility index (Phi) is 2.41. The van der Waals surface area contributed by atoms with Crippen molar-refractivity contribution in [3.63, 3.8) is 0 Å². The van der Waals surface area contributed by atoms with E-state index >= 15 is 0 Å². The smallest absolute Gasteiger partial charge is 0.123 e. The highest BCUT2D eigenvalue weighted by molar-refractivity contribution is 5.65. The third-order valence-corrected chi connectivity index (χ3v) is 2.34. The Balaban J connectivity index is 2.48. The molecule has 0 fully saturated rings. The van der Waals surface area contributed by atoms with Crippen molar-refractivity contribution in [1.82, 2.24) is 14.8 Å². The van der Waals surface area contributed by atoms with Gasteiger partial charge < -0.3 is 5.73 Å². The monoisotopic (exact) mass is 202 g/mol. The molecule has 0 aliphatic carbocycles. The van der Waals surface area contributed by atoms with Gasteiger partial charge in [-0.25, -0.2) is 4.98 Å². The molecule has 2 aromatic heterocycles. The molecule has 0 aliphatic heterocycles. The van der Waals surface area contributed by atoms with Gasteiger partial charge in [-0.3, -0.25) is 4.68 Å². The second-order valence-corrected chi connectivity index (χ2v) is 3.49. The zero-order valence-corrected chi connectivity index (χ0v) is 8.94. The van der Waals surface area contributed by atoms with E-state index in [9.17, 15) is 0 Å². The highest BCUT2D eigenvalue weighted by atomic mass is 15.2. The molecule has 0 aliphatic rings. The number of pyridine rings is 1. The van der Waals surface area contributed by atoms with Gasteiger partial charge in [-0.05, 0) is 18.6 Å². The molecule has 0 spiro atoms. The zero-order chi connectivity index (χ0) is 10.8. The van der Waals surface area contributed by atoms with E-state index < -0.39 is 0 Å². The van der Waals surface area contributed by atoms with Gasteiger partial charge in [0, 0.05) is 30.6 Å². The number of hydrogen-bond acceptors (Lipinski definition) is 3. The van der Waals surface area contributed by atoms with Crippen molar-refractivity contribution >= 4 is 5.82 Å². The number of hydrogen-bond donors (Lipinski definition) is 1. The normalized spacial score (nSPS) is 10.5. The summed E-state index contributed by atoms with van der Waals surface area (Å²) in [7, 11) is 1.92. The van der Waals surface area contributed by atoms with E-state index in [1.807, 2.05) is 30.1 Å². The van der Waals surface area contributed by atoms with E-state index in [1.54, 1.807) is 6.20 Å². The molecule has 0 saturated heterocycles. The van der Waals surface area contributed by atoms with E-state index in [0.717, 1.165) is 23.2 Å². The average Bonchev–Trinajstić information content (AvgIpc) is 2.61. The Morgan fingerprint density at radius 2 is 2.20 bits per heavy atom. The van der Waals surface area contributed by atoms with Crippen LogP contribution in [0.5, 0.6) is 0 Å². The minimum absolute atomic E-state index is 0.542. The fourth-order valence-electron chi connectivity index (χ4n) is 1.60. The molecule has 0 bridgehead atoms. The molecule has 0 aromatic carbocycles. The Morgan fingerprint density at radius 3 is 2.80 bits per heavy atom. The topological polar surface area (TPSA) is 56.7 Å². The van der Waals surface area contributed by atoms with Crippen molar-refractivity contribution < 1.29 is 0 Å². The SMILES string of the molecule is CCc1nn(C)cc1-c1ccc(N)nc1. The van der Waals surface area contributed by atoms with Crippen LogP contribution in [-0.2, 0) is 13.5 Å². The summed E-state index contributed by atoms with van der Waals surface area (Å²) in [5, 5.41) is 4.39. The van der Waals surface area contributed by atoms with Crippen LogP contribution >= 0.6 is 0 Å². The van der Waals surface area contributed by atoms with E-state index in [4.69, 9.17) is 5.73 Å². The number of nitrogens with zero attached hydrogens (tertiary/aromatic N) is 3. The molecule has 0 unspecified atom stereocenters. The zero-order valence-electron chi connectivity index (χ0n) is 8.94. The number of nitrogens with two attached hydrogens (primary N) is 1. The van der Waals surface area contributed by atoms with Gasteiger partial charge in [-0.1, -0.05) is 6.92 Å². The first-order chi connectivity index (χ1) is 7.20. The van der Waals surface area contributed by atoms with Crippen molar-refractivity contribution in [2.45, 2.75) is 13.3 Å². The Bertz CT molecular complexity index is 456. The van der Waals surface area contributed by atoms with Crippen LogP contribution in [0.1, 0.15) is 12.6 Å². The summed E-state index contributed by atoms with van der Waals surface area (Å²) in [6.07, 6.45) is 4.71. The Labute approximate surface area is 88.8 Å². The number of anilines is 1. The molecule has 4 heteroatoms. The van der Waals surface area contributed by atoms with Crippen LogP contribution < -0.4 is 5.73 Å². The molecule has 4 nitrogen and oxygen atoms in total. The predicted octanol–water partition coefficient (Wildman–Crippen LogP) is 1.63. The van der Waals surface area contributed by atoms with Gasteiger partial charge in [0.1, 0.15) is 5.82 Å². The highest BCUT2D eigenvalue weighted by Gasteiger charge is 2.07. The fraction of sp³-hybridized carbons (Fsp3) is 0.273. The first-order valence-electron chi connectivity index (χ1n) is 4.95. The molecular weight excluding hydrogens is 188 g/mol. The third kappa shape index (κ3) is 1.83. The van der Waals surface area contributed by atoms with Crippen molar-refractivity contribution in [3.8, 4) is 11.1 Å². The van der Waals surface area contributed by atoms with Crippen molar-refractivity contribution in [2.24, 2.45) is 7.05 Å². The van der Waals surface area contributed by atoms with Gasteiger partial charge in [0.25, 0.3) is 0 Å². The van der Waals surface area contributed by atoms with Gasteiger partial charge >= 0.3 is 0 Å². The minimum atomic E-state index is 0.542. The van der Waals surface area contributed by atoms with Crippen LogP contribution in [0, 0.1) is 0 Å². The summed E-state index contributed by atoms with van der Waals surface area (Å²) in [6, 6.07) is 3.78. The van der Waals surface area contributed by atoms with Gasteiger partial charge in [0.2, 0.25) is 0 Å². The summed E-state index contributed by atoms with van der Waals surface area (Å²) >= 11 is 0. The number of nitrogen functional groups attached to an aromatic ring is 1. The minimum Gasteiger partial charge on any atom is -0.384 e. The molecule has 78 valence electrons. The number of aromatic nitrogens is 3. The maximum absolute atomic E-state index is 5.55. The molecule has 0 amide bonds. The van der Waals surface area contributed by atoms with Gasteiger partial charge in [0.05, 0.1) is 5.69 Å². The van der Waals surface area contributed by atoms with Gasteiger partial charge in [-0.2, -0.15) is 5.10 Å². The number of aryl methyl sites for hydroxylation is 2. The largest absolute Gasteiger partial charge is 0.384 e. The standard InChI is InChI=1S/C11H14N4/c1-3-10-9(7-15(2)14-10)8-4-5-11(12)13-6-8/h4-7H,3H2,1-2H3,(H2,12,13). The van der Waals surface area contributed by atoms with Crippen LogP contribution in [0.2, 0.25) is 0 Å². The highest BCUT2D eigenvalue weighted by Crippen LogP contribution is 2.22. The lowest BCUT2D eigenvalue weighted by Crippen LogP contribution is -1.90. The molecule has 15 heavy (non-hydrogen) atoms. The maximum Gasteiger partial charge on any atom is 0.123 e. The number of rotatable bonds is 2. The van der Waals surface area contributed by atoms with Crippen LogP contribution in [0.4, 0.5) is 5.82 Å². The first kappa shape index (κ1) is 9.71. The van der Waals surface area contributed by atoms with Gasteiger partial charge in [-0.15, -0.1) is 0 Å². The summed E-state index contributed by atoms with van der Waals surface area (Å²) in [5.74, 6) is 0.542. The van der Waals surface area contributed by atoms with Gasteiger partial charge in [0.15, 0.2) is 0 Å². The van der Waals surface area contributed by atoms with Crippen LogP contribution in [0.3, 0.4) is 0 Å². The Hall–Kier alpha value is -1.84. The van der Waals surface area contributed by atoms with Crippen LogP contribution in [-0.4, -0.2) is 14.8 Å². The molecule has 0 radical (unpaired) electrons. The van der Waals surface area contributed by atoms with E-state index in [0.29, 0.717) is 5.82 Å². The van der Waals surface area contributed by atoms with E-state index in [2.05, 4.69) is 17.0 Å². The molecular formula is C11H14N4.